The minimum absolute atomic E-state index is 0.116. The van der Waals surface area contributed by atoms with Crippen LogP contribution in [0.25, 0.3) is 0 Å². The monoisotopic (exact) mass is 248 g/mol. The standard InChI is InChI=1S/C17H28O/c1-6-14(2)9-7-10-15(3)11-8-12-16(4)13-17(5)18/h8-9,12-13,15H,6-7,10-11H2,1-5H3/b12-8+,14-9+,16-13+. The van der Waals surface area contributed by atoms with Gasteiger partial charge in [0, 0.05) is 0 Å². The molecule has 0 heterocycles. The van der Waals surface area contributed by atoms with Crippen molar-refractivity contribution in [3.63, 3.8) is 0 Å². The molecule has 0 aliphatic rings. The van der Waals surface area contributed by atoms with Gasteiger partial charge in [-0.3, -0.25) is 4.79 Å². The maximum atomic E-state index is 10.9. The van der Waals surface area contributed by atoms with Crippen molar-refractivity contribution >= 4 is 5.78 Å². The Bertz CT molecular complexity index is 332. The predicted molar refractivity (Wildman–Crippen MR) is 80.6 cm³/mol. The highest BCUT2D eigenvalue weighted by Gasteiger charge is 1.98. The average molecular weight is 248 g/mol. The molecule has 0 saturated heterocycles. The molecule has 0 radical (unpaired) electrons. The van der Waals surface area contributed by atoms with Crippen molar-refractivity contribution in [2.24, 2.45) is 5.92 Å². The van der Waals surface area contributed by atoms with E-state index in [1.54, 1.807) is 13.0 Å². The topological polar surface area (TPSA) is 17.1 Å². The zero-order valence-corrected chi connectivity index (χ0v) is 12.6. The molecule has 1 unspecified atom stereocenters. The van der Waals surface area contributed by atoms with Crippen LogP contribution in [0.4, 0.5) is 0 Å². The molecule has 0 aromatic heterocycles. The van der Waals surface area contributed by atoms with Gasteiger partial charge in [0.05, 0.1) is 0 Å². The lowest BCUT2D eigenvalue weighted by molar-refractivity contribution is -0.112. The van der Waals surface area contributed by atoms with E-state index in [0.29, 0.717) is 5.92 Å². The second kappa shape index (κ2) is 9.87. The highest BCUT2D eigenvalue weighted by atomic mass is 16.1. The molecule has 0 aliphatic carbocycles. The molecule has 1 atom stereocenters. The summed E-state index contributed by atoms with van der Waals surface area (Å²) >= 11 is 0. The van der Waals surface area contributed by atoms with Crippen LogP contribution in [0.2, 0.25) is 0 Å². The molecule has 0 saturated carbocycles. The average Bonchev–Trinajstić information content (AvgIpc) is 2.27. The van der Waals surface area contributed by atoms with Crippen LogP contribution in [0.5, 0.6) is 0 Å². The summed E-state index contributed by atoms with van der Waals surface area (Å²) in [6.45, 7) is 10.2. The number of hydrogen-bond donors (Lipinski definition) is 0. The quantitative estimate of drug-likeness (QED) is 0.326. The third-order valence-corrected chi connectivity index (χ3v) is 3.06. The van der Waals surface area contributed by atoms with Gasteiger partial charge in [-0.15, -0.1) is 0 Å². The Labute approximate surface area is 113 Å². The Morgan fingerprint density at radius 3 is 2.44 bits per heavy atom. The molecule has 102 valence electrons. The Morgan fingerprint density at radius 2 is 1.89 bits per heavy atom. The van der Waals surface area contributed by atoms with Crippen LogP contribution in [0.15, 0.2) is 35.5 Å². The van der Waals surface area contributed by atoms with Gasteiger partial charge in [0.2, 0.25) is 0 Å². The summed E-state index contributed by atoms with van der Waals surface area (Å²) in [7, 11) is 0. The number of carbonyl (C=O) groups is 1. The number of hydrogen-bond acceptors (Lipinski definition) is 1. The van der Waals surface area contributed by atoms with Crippen LogP contribution in [0, 0.1) is 5.92 Å². The summed E-state index contributed by atoms with van der Waals surface area (Å²) in [5.74, 6) is 0.817. The van der Waals surface area contributed by atoms with Gasteiger partial charge in [-0.2, -0.15) is 0 Å². The zero-order valence-electron chi connectivity index (χ0n) is 12.6. The zero-order chi connectivity index (χ0) is 14.0. The Balaban J connectivity index is 3.93. The molecular formula is C17H28O. The van der Waals surface area contributed by atoms with E-state index in [9.17, 15) is 4.79 Å². The largest absolute Gasteiger partial charge is 0.295 e. The third-order valence-electron chi connectivity index (χ3n) is 3.06. The molecule has 0 N–H and O–H groups in total. The van der Waals surface area contributed by atoms with Crippen molar-refractivity contribution in [1.29, 1.82) is 0 Å². The summed E-state index contributed by atoms with van der Waals surface area (Å²) in [4.78, 5) is 10.9. The summed E-state index contributed by atoms with van der Waals surface area (Å²) in [6, 6.07) is 0. The van der Waals surface area contributed by atoms with Crippen LogP contribution in [0.1, 0.15) is 60.3 Å². The Morgan fingerprint density at radius 1 is 1.22 bits per heavy atom. The first-order valence-electron chi connectivity index (χ1n) is 6.96. The maximum absolute atomic E-state index is 10.9. The lowest BCUT2D eigenvalue weighted by Crippen LogP contribution is -1.92. The van der Waals surface area contributed by atoms with E-state index in [0.717, 1.165) is 18.4 Å². The molecule has 0 fully saturated rings. The van der Waals surface area contributed by atoms with Crippen LogP contribution in [0.3, 0.4) is 0 Å². The summed E-state index contributed by atoms with van der Waals surface area (Å²) in [6.07, 6.45) is 12.9. The number of carbonyl (C=O) groups excluding carboxylic acids is 1. The smallest absolute Gasteiger partial charge is 0.152 e. The highest BCUT2D eigenvalue weighted by Crippen LogP contribution is 2.13. The molecule has 0 rings (SSSR count). The fraction of sp³-hybridized carbons (Fsp3) is 0.588. The van der Waals surface area contributed by atoms with E-state index in [4.69, 9.17) is 0 Å². The molecule has 1 heteroatoms. The summed E-state index contributed by atoms with van der Waals surface area (Å²) < 4.78 is 0. The molecular weight excluding hydrogens is 220 g/mol. The highest BCUT2D eigenvalue weighted by molar-refractivity contribution is 5.88. The normalized spacial score (nSPS) is 15.2. The maximum Gasteiger partial charge on any atom is 0.152 e. The lowest BCUT2D eigenvalue weighted by Gasteiger charge is -2.06. The van der Waals surface area contributed by atoms with Gasteiger partial charge in [-0.25, -0.2) is 0 Å². The van der Waals surface area contributed by atoms with Crippen molar-refractivity contribution in [1.82, 2.24) is 0 Å². The first kappa shape index (κ1) is 16.9. The van der Waals surface area contributed by atoms with Gasteiger partial charge >= 0.3 is 0 Å². The van der Waals surface area contributed by atoms with Crippen LogP contribution >= 0.6 is 0 Å². The minimum Gasteiger partial charge on any atom is -0.295 e. The molecule has 0 amide bonds. The Kier molecular flexibility index (Phi) is 9.26. The lowest BCUT2D eigenvalue weighted by atomic mass is 10.00. The number of allylic oxidation sites excluding steroid dienone is 6. The molecule has 0 aromatic rings. The van der Waals surface area contributed by atoms with E-state index in [1.807, 2.05) is 13.0 Å². The van der Waals surface area contributed by atoms with E-state index in [1.165, 1.54) is 18.4 Å². The van der Waals surface area contributed by atoms with Crippen LogP contribution in [-0.4, -0.2) is 5.78 Å². The second-order valence-electron chi connectivity index (χ2n) is 5.22. The molecule has 0 bridgehead atoms. The van der Waals surface area contributed by atoms with Gasteiger partial charge < -0.3 is 0 Å². The van der Waals surface area contributed by atoms with Gasteiger partial charge in [0.1, 0.15) is 0 Å². The van der Waals surface area contributed by atoms with Crippen molar-refractivity contribution in [3.8, 4) is 0 Å². The summed E-state index contributed by atoms with van der Waals surface area (Å²) in [5, 5.41) is 0. The SMILES string of the molecule is CC/C(C)=C/CCC(C)C/C=C/C(C)=C/C(C)=O. The van der Waals surface area contributed by atoms with Crippen LogP contribution < -0.4 is 0 Å². The minimum atomic E-state index is 0.116. The molecule has 0 aliphatic heterocycles. The second-order valence-corrected chi connectivity index (χ2v) is 5.22. The van der Waals surface area contributed by atoms with E-state index < -0.39 is 0 Å². The van der Waals surface area contributed by atoms with Gasteiger partial charge in [0.15, 0.2) is 5.78 Å². The van der Waals surface area contributed by atoms with Crippen molar-refractivity contribution < 1.29 is 4.79 Å². The van der Waals surface area contributed by atoms with E-state index in [-0.39, 0.29) is 5.78 Å². The fourth-order valence-electron chi connectivity index (χ4n) is 1.73. The molecule has 1 nitrogen and oxygen atoms in total. The molecule has 0 aromatic carbocycles. The van der Waals surface area contributed by atoms with E-state index >= 15 is 0 Å². The molecule has 0 spiro atoms. The van der Waals surface area contributed by atoms with Crippen molar-refractivity contribution in [2.75, 3.05) is 0 Å². The predicted octanol–water partition coefficient (Wildman–Crippen LogP) is 5.24. The van der Waals surface area contributed by atoms with Gasteiger partial charge in [-0.05, 0) is 64.0 Å². The summed E-state index contributed by atoms with van der Waals surface area (Å²) in [5.41, 5.74) is 2.52. The fourth-order valence-corrected chi connectivity index (χ4v) is 1.73. The van der Waals surface area contributed by atoms with Gasteiger partial charge in [-0.1, -0.05) is 37.6 Å². The van der Waals surface area contributed by atoms with Crippen molar-refractivity contribution in [3.05, 3.63) is 35.5 Å². The first-order valence-corrected chi connectivity index (χ1v) is 6.96. The third kappa shape index (κ3) is 10.1. The number of ketones is 1. The molecule has 18 heavy (non-hydrogen) atoms. The number of rotatable bonds is 8. The van der Waals surface area contributed by atoms with Crippen molar-refractivity contribution in [2.45, 2.75) is 60.3 Å². The Hall–Kier alpha value is -1.11. The first-order chi connectivity index (χ1) is 8.45. The van der Waals surface area contributed by atoms with Gasteiger partial charge in [0.25, 0.3) is 0 Å². The van der Waals surface area contributed by atoms with E-state index in [2.05, 4.69) is 32.9 Å². The van der Waals surface area contributed by atoms with Crippen LogP contribution in [-0.2, 0) is 4.79 Å².